The fourth-order valence-corrected chi connectivity index (χ4v) is 3.49. The maximum absolute atomic E-state index is 13.3. The highest BCUT2D eigenvalue weighted by Crippen LogP contribution is 2.23. The quantitative estimate of drug-likeness (QED) is 0.863. The van der Waals surface area contributed by atoms with Gasteiger partial charge in [-0.3, -0.25) is 9.59 Å². The summed E-state index contributed by atoms with van der Waals surface area (Å²) in [4.78, 5) is 27.9. The Kier molecular flexibility index (Phi) is 6.34. The molecular weight excluding hydrogens is 352 g/mol. The van der Waals surface area contributed by atoms with E-state index in [-0.39, 0.29) is 17.7 Å². The zero-order valence-electron chi connectivity index (χ0n) is 16.8. The van der Waals surface area contributed by atoms with Crippen LogP contribution >= 0.6 is 0 Å². The van der Waals surface area contributed by atoms with Crippen molar-refractivity contribution in [1.29, 1.82) is 0 Å². The average molecular weight is 380 g/mol. The van der Waals surface area contributed by atoms with Crippen molar-refractivity contribution in [3.63, 3.8) is 0 Å². The smallest absolute Gasteiger partial charge is 0.252 e. The number of carbonyl (C=O) groups excluding carboxylic acids is 2. The Morgan fingerprint density at radius 1 is 1.11 bits per heavy atom. The van der Waals surface area contributed by atoms with Gasteiger partial charge in [0.1, 0.15) is 18.4 Å². The number of aryl methyl sites for hydroxylation is 1. The summed E-state index contributed by atoms with van der Waals surface area (Å²) >= 11 is 0. The number of carbonyl (C=O) groups is 2. The molecule has 1 N–H and O–H groups in total. The van der Waals surface area contributed by atoms with Gasteiger partial charge in [-0.2, -0.15) is 0 Å². The number of hydrogen-bond donors (Lipinski definition) is 1. The number of benzene rings is 2. The molecule has 28 heavy (non-hydrogen) atoms. The average Bonchev–Trinajstić information content (AvgIpc) is 2.89. The first-order valence-electron chi connectivity index (χ1n) is 9.81. The van der Waals surface area contributed by atoms with Crippen LogP contribution in [0.4, 0.5) is 0 Å². The number of para-hydroxylation sites is 1. The summed E-state index contributed by atoms with van der Waals surface area (Å²) in [6.45, 7) is 7.45. The second-order valence-electron chi connectivity index (χ2n) is 7.69. The van der Waals surface area contributed by atoms with Crippen LogP contribution in [-0.2, 0) is 11.3 Å². The molecule has 1 unspecified atom stereocenters. The highest BCUT2D eigenvalue weighted by molar-refractivity contribution is 5.98. The van der Waals surface area contributed by atoms with Gasteiger partial charge in [-0.25, -0.2) is 0 Å². The first-order chi connectivity index (χ1) is 13.5. The summed E-state index contributed by atoms with van der Waals surface area (Å²) < 4.78 is 5.77. The molecule has 2 aromatic carbocycles. The third-order valence-corrected chi connectivity index (χ3v) is 4.96. The zero-order valence-corrected chi connectivity index (χ0v) is 16.8. The van der Waals surface area contributed by atoms with Gasteiger partial charge in [-0.15, -0.1) is 0 Å². The van der Waals surface area contributed by atoms with E-state index in [0.717, 1.165) is 16.9 Å². The van der Waals surface area contributed by atoms with Crippen LogP contribution < -0.4 is 10.1 Å². The molecule has 1 aliphatic heterocycles. The Morgan fingerprint density at radius 2 is 1.82 bits per heavy atom. The minimum atomic E-state index is -0.558. The second-order valence-corrected chi connectivity index (χ2v) is 7.69. The van der Waals surface area contributed by atoms with Gasteiger partial charge in [-0.1, -0.05) is 50.2 Å². The highest BCUT2D eigenvalue weighted by atomic mass is 16.5. The number of nitrogens with one attached hydrogen (secondary N) is 1. The first kappa shape index (κ1) is 19.9. The number of hydrogen-bond acceptors (Lipinski definition) is 3. The maximum atomic E-state index is 13.3. The summed E-state index contributed by atoms with van der Waals surface area (Å²) in [5, 5.41) is 2.98. The van der Waals surface area contributed by atoms with Crippen molar-refractivity contribution in [3.05, 3.63) is 65.2 Å². The van der Waals surface area contributed by atoms with E-state index >= 15 is 0 Å². The van der Waals surface area contributed by atoms with Crippen molar-refractivity contribution < 1.29 is 14.3 Å². The number of nitrogens with zero attached hydrogens (tertiary/aromatic N) is 1. The third kappa shape index (κ3) is 4.71. The van der Waals surface area contributed by atoms with Crippen LogP contribution in [-0.4, -0.2) is 35.9 Å². The Morgan fingerprint density at radius 3 is 2.57 bits per heavy atom. The standard InChI is InChI=1S/C23H28N2O3/c1-16(2)14-20(24-22(26)19-10-6-4-8-17(19)3)23(27)25-12-13-28-21-11-7-5-9-18(21)15-25/h4-11,16,20H,12-15H2,1-3H3,(H,24,26). The van der Waals surface area contributed by atoms with E-state index in [4.69, 9.17) is 4.74 Å². The third-order valence-electron chi connectivity index (χ3n) is 4.96. The lowest BCUT2D eigenvalue weighted by Crippen LogP contribution is -2.49. The van der Waals surface area contributed by atoms with Crippen molar-refractivity contribution in [2.24, 2.45) is 5.92 Å². The van der Waals surface area contributed by atoms with Crippen molar-refractivity contribution >= 4 is 11.8 Å². The van der Waals surface area contributed by atoms with E-state index in [0.29, 0.717) is 31.7 Å². The van der Waals surface area contributed by atoms with Crippen molar-refractivity contribution in [2.45, 2.75) is 39.8 Å². The molecule has 1 aliphatic rings. The first-order valence-corrected chi connectivity index (χ1v) is 9.81. The van der Waals surface area contributed by atoms with Gasteiger partial charge >= 0.3 is 0 Å². The lowest BCUT2D eigenvalue weighted by molar-refractivity contribution is -0.134. The zero-order chi connectivity index (χ0) is 20.1. The Hall–Kier alpha value is -2.82. The van der Waals surface area contributed by atoms with E-state index in [1.807, 2.05) is 49.4 Å². The topological polar surface area (TPSA) is 58.6 Å². The normalized spacial score (nSPS) is 14.6. The molecule has 5 nitrogen and oxygen atoms in total. The van der Waals surface area contributed by atoms with Gasteiger partial charge in [0.15, 0.2) is 0 Å². The number of fused-ring (bicyclic) bond motifs is 1. The summed E-state index contributed by atoms with van der Waals surface area (Å²) in [6.07, 6.45) is 0.593. The fourth-order valence-electron chi connectivity index (χ4n) is 3.49. The van der Waals surface area contributed by atoms with Crippen LogP contribution in [0.5, 0.6) is 5.75 Å². The van der Waals surface area contributed by atoms with E-state index in [2.05, 4.69) is 19.2 Å². The van der Waals surface area contributed by atoms with E-state index in [1.165, 1.54) is 0 Å². The highest BCUT2D eigenvalue weighted by Gasteiger charge is 2.29. The Labute approximate surface area is 166 Å². The van der Waals surface area contributed by atoms with Crippen LogP contribution in [0.1, 0.15) is 41.8 Å². The van der Waals surface area contributed by atoms with E-state index in [9.17, 15) is 9.59 Å². The SMILES string of the molecule is Cc1ccccc1C(=O)NC(CC(C)C)C(=O)N1CCOc2ccccc2C1. The molecule has 2 aromatic rings. The summed E-state index contributed by atoms with van der Waals surface area (Å²) in [6, 6.07) is 14.6. The molecule has 0 bridgehead atoms. The molecule has 0 saturated carbocycles. The molecular formula is C23H28N2O3. The van der Waals surface area contributed by atoms with Crippen LogP contribution in [0.15, 0.2) is 48.5 Å². The molecule has 0 spiro atoms. The largest absolute Gasteiger partial charge is 0.491 e. The molecule has 1 atom stereocenters. The van der Waals surface area contributed by atoms with Crippen LogP contribution in [0.2, 0.25) is 0 Å². The second kappa shape index (κ2) is 8.91. The number of rotatable bonds is 5. The van der Waals surface area contributed by atoms with Gasteiger partial charge in [0, 0.05) is 17.7 Å². The summed E-state index contributed by atoms with van der Waals surface area (Å²) in [5.41, 5.74) is 2.49. The molecule has 3 rings (SSSR count). The molecule has 148 valence electrons. The van der Waals surface area contributed by atoms with Gasteiger partial charge in [0.25, 0.3) is 5.91 Å². The van der Waals surface area contributed by atoms with Gasteiger partial charge in [0.05, 0.1) is 6.54 Å². The predicted octanol–water partition coefficient (Wildman–Crippen LogP) is 3.56. The van der Waals surface area contributed by atoms with Crippen molar-refractivity contribution in [1.82, 2.24) is 10.2 Å². The number of ether oxygens (including phenoxy) is 1. The summed E-state index contributed by atoms with van der Waals surface area (Å²) in [5.74, 6) is 0.836. The lowest BCUT2D eigenvalue weighted by atomic mass is 10.0. The minimum absolute atomic E-state index is 0.0593. The number of amides is 2. The summed E-state index contributed by atoms with van der Waals surface area (Å²) in [7, 11) is 0. The monoisotopic (exact) mass is 380 g/mol. The van der Waals surface area contributed by atoms with Gasteiger partial charge < -0.3 is 15.0 Å². The van der Waals surface area contributed by atoms with Gasteiger partial charge in [-0.05, 0) is 37.0 Å². The van der Waals surface area contributed by atoms with Crippen LogP contribution in [0.3, 0.4) is 0 Å². The minimum Gasteiger partial charge on any atom is -0.491 e. The van der Waals surface area contributed by atoms with E-state index in [1.54, 1.807) is 11.0 Å². The van der Waals surface area contributed by atoms with Crippen LogP contribution in [0, 0.1) is 12.8 Å². The lowest BCUT2D eigenvalue weighted by Gasteiger charge is -2.27. The molecule has 0 aromatic heterocycles. The molecule has 2 amide bonds. The van der Waals surface area contributed by atoms with Crippen molar-refractivity contribution in [3.8, 4) is 5.75 Å². The molecule has 0 radical (unpaired) electrons. The molecule has 0 aliphatic carbocycles. The molecule has 1 heterocycles. The molecule has 0 fully saturated rings. The fraction of sp³-hybridized carbons (Fsp3) is 0.391. The molecule has 5 heteroatoms. The van der Waals surface area contributed by atoms with Gasteiger partial charge in [0.2, 0.25) is 5.91 Å². The van der Waals surface area contributed by atoms with Crippen molar-refractivity contribution in [2.75, 3.05) is 13.2 Å². The Balaban J connectivity index is 1.78. The van der Waals surface area contributed by atoms with Crippen LogP contribution in [0.25, 0.3) is 0 Å². The molecule has 0 saturated heterocycles. The Bertz CT molecular complexity index is 847. The maximum Gasteiger partial charge on any atom is 0.252 e. The predicted molar refractivity (Wildman–Crippen MR) is 109 cm³/mol. The van der Waals surface area contributed by atoms with E-state index < -0.39 is 6.04 Å².